The molecule has 11 heteroatoms. The summed E-state index contributed by atoms with van der Waals surface area (Å²) in [6.45, 7) is 1.84. The molecule has 1 heterocycles. The summed E-state index contributed by atoms with van der Waals surface area (Å²) in [5.41, 5.74) is 1.53. The standard InChI is InChI=1S/C23H27N3O7S/c1-2-8-17(20(27)22-25-16-11-6-7-12-19(16)33-22)24-21(28)18(26-23(29)30)14-34(31,32)13-15-9-4-3-5-10-15/h3-7,9-12,17-18,20,26-27H,2,8,13-14H2,1H3,(H,24,28)(H,29,30)/t17-,18-,20?/m0/s1. The number of carbonyl (C=O) groups excluding carboxylic acids is 1. The van der Waals surface area contributed by atoms with Crippen molar-refractivity contribution in [1.29, 1.82) is 0 Å². The molecule has 0 spiro atoms. The van der Waals surface area contributed by atoms with Crippen molar-refractivity contribution in [3.8, 4) is 0 Å². The number of hydrogen-bond acceptors (Lipinski definition) is 7. The number of nitrogens with one attached hydrogen (secondary N) is 2. The lowest BCUT2D eigenvalue weighted by Crippen LogP contribution is -2.53. The smallest absolute Gasteiger partial charge is 0.405 e. The van der Waals surface area contributed by atoms with Gasteiger partial charge >= 0.3 is 6.09 Å². The van der Waals surface area contributed by atoms with Crippen LogP contribution in [0.5, 0.6) is 0 Å². The first-order chi connectivity index (χ1) is 16.2. The minimum atomic E-state index is -3.84. The van der Waals surface area contributed by atoms with Crippen LogP contribution in [-0.4, -0.2) is 53.5 Å². The molecule has 3 atom stereocenters. The van der Waals surface area contributed by atoms with Gasteiger partial charge in [0.05, 0.1) is 17.5 Å². The Labute approximate surface area is 196 Å². The third-order valence-corrected chi connectivity index (χ3v) is 6.75. The molecule has 10 nitrogen and oxygen atoms in total. The Morgan fingerprint density at radius 2 is 1.74 bits per heavy atom. The van der Waals surface area contributed by atoms with E-state index in [2.05, 4.69) is 10.3 Å². The van der Waals surface area contributed by atoms with E-state index in [-0.39, 0.29) is 11.6 Å². The van der Waals surface area contributed by atoms with Crippen molar-refractivity contribution < 1.29 is 32.6 Å². The molecule has 4 N–H and O–H groups in total. The van der Waals surface area contributed by atoms with Gasteiger partial charge in [0.15, 0.2) is 21.5 Å². The largest absolute Gasteiger partial charge is 0.465 e. The molecule has 0 radical (unpaired) electrons. The number of amides is 2. The molecule has 0 saturated heterocycles. The van der Waals surface area contributed by atoms with Gasteiger partial charge in [0.2, 0.25) is 11.8 Å². The predicted molar refractivity (Wildman–Crippen MR) is 125 cm³/mol. The van der Waals surface area contributed by atoms with Crippen molar-refractivity contribution in [2.75, 3.05) is 5.75 Å². The van der Waals surface area contributed by atoms with Gasteiger partial charge in [0.25, 0.3) is 0 Å². The molecule has 34 heavy (non-hydrogen) atoms. The van der Waals surface area contributed by atoms with Gasteiger partial charge in [-0.05, 0) is 24.1 Å². The van der Waals surface area contributed by atoms with Crippen LogP contribution in [0.1, 0.15) is 37.3 Å². The van der Waals surface area contributed by atoms with E-state index < -0.39 is 45.8 Å². The quantitative estimate of drug-likeness (QED) is 0.319. The molecular weight excluding hydrogens is 462 g/mol. The van der Waals surface area contributed by atoms with E-state index in [0.717, 1.165) is 0 Å². The number of fused-ring (bicyclic) bond motifs is 1. The highest BCUT2D eigenvalue weighted by atomic mass is 32.2. The monoisotopic (exact) mass is 489 g/mol. The van der Waals surface area contributed by atoms with E-state index in [0.29, 0.717) is 29.5 Å². The van der Waals surface area contributed by atoms with E-state index in [1.807, 2.05) is 12.2 Å². The van der Waals surface area contributed by atoms with Gasteiger partial charge in [-0.2, -0.15) is 0 Å². The molecule has 2 aromatic carbocycles. The zero-order valence-corrected chi connectivity index (χ0v) is 19.4. The van der Waals surface area contributed by atoms with Crippen LogP contribution in [0.25, 0.3) is 11.1 Å². The molecule has 3 rings (SSSR count). The number of rotatable bonds is 11. The summed E-state index contributed by atoms with van der Waals surface area (Å²) >= 11 is 0. The maximum absolute atomic E-state index is 12.9. The zero-order chi connectivity index (χ0) is 24.7. The number of nitrogens with zero attached hydrogens (tertiary/aromatic N) is 1. The van der Waals surface area contributed by atoms with Gasteiger partial charge in [0, 0.05) is 0 Å². The molecule has 0 bridgehead atoms. The highest BCUT2D eigenvalue weighted by Crippen LogP contribution is 2.24. The second-order valence-electron chi connectivity index (χ2n) is 7.91. The number of hydrogen-bond donors (Lipinski definition) is 4. The van der Waals surface area contributed by atoms with Crippen LogP contribution < -0.4 is 10.6 Å². The summed E-state index contributed by atoms with van der Waals surface area (Å²) in [5.74, 6) is -1.95. The molecule has 0 fully saturated rings. The maximum Gasteiger partial charge on any atom is 0.405 e. The van der Waals surface area contributed by atoms with Crippen LogP contribution in [0.4, 0.5) is 4.79 Å². The molecular formula is C23H27N3O7S. The topological polar surface area (TPSA) is 159 Å². The SMILES string of the molecule is CCC[C@H](NC(=O)[C@H](CS(=O)(=O)Cc1ccccc1)NC(=O)O)C(O)c1nc2ccccc2o1. The summed E-state index contributed by atoms with van der Waals surface area (Å²) in [6, 6.07) is 12.9. The van der Waals surface area contributed by atoms with Gasteiger partial charge in [-0.25, -0.2) is 18.2 Å². The van der Waals surface area contributed by atoms with Crippen molar-refractivity contribution in [2.45, 2.75) is 43.7 Å². The lowest BCUT2D eigenvalue weighted by molar-refractivity contribution is -0.124. The van der Waals surface area contributed by atoms with Crippen molar-refractivity contribution in [3.63, 3.8) is 0 Å². The van der Waals surface area contributed by atoms with Crippen LogP contribution in [0.2, 0.25) is 0 Å². The fraction of sp³-hybridized carbons (Fsp3) is 0.348. The summed E-state index contributed by atoms with van der Waals surface area (Å²) in [6.07, 6.45) is -1.96. The highest BCUT2D eigenvalue weighted by molar-refractivity contribution is 7.90. The van der Waals surface area contributed by atoms with Crippen molar-refractivity contribution in [1.82, 2.24) is 15.6 Å². The number of aromatic nitrogens is 1. The van der Waals surface area contributed by atoms with Crippen LogP contribution >= 0.6 is 0 Å². The van der Waals surface area contributed by atoms with Crippen LogP contribution in [-0.2, 0) is 20.4 Å². The van der Waals surface area contributed by atoms with Gasteiger partial charge < -0.3 is 25.3 Å². The lowest BCUT2D eigenvalue weighted by Gasteiger charge is -2.25. The third kappa shape index (κ3) is 6.78. The fourth-order valence-corrected chi connectivity index (χ4v) is 5.13. The number of aliphatic hydroxyl groups excluding tert-OH is 1. The van der Waals surface area contributed by atoms with Gasteiger partial charge in [-0.15, -0.1) is 0 Å². The van der Waals surface area contributed by atoms with Gasteiger partial charge in [0.1, 0.15) is 11.6 Å². The van der Waals surface area contributed by atoms with Crippen molar-refractivity contribution >= 4 is 32.9 Å². The van der Waals surface area contributed by atoms with Crippen molar-refractivity contribution in [2.24, 2.45) is 0 Å². The molecule has 1 aromatic heterocycles. The van der Waals surface area contributed by atoms with E-state index in [4.69, 9.17) is 9.52 Å². The van der Waals surface area contributed by atoms with Crippen LogP contribution in [0, 0.1) is 0 Å². The number of aliphatic hydroxyl groups is 1. The Kier molecular flexibility index (Phi) is 8.24. The predicted octanol–water partition coefficient (Wildman–Crippen LogP) is 2.40. The molecule has 0 aliphatic carbocycles. The molecule has 0 aliphatic rings. The summed E-state index contributed by atoms with van der Waals surface area (Å²) in [4.78, 5) is 28.5. The minimum absolute atomic E-state index is 0.000562. The molecule has 1 unspecified atom stereocenters. The minimum Gasteiger partial charge on any atom is -0.465 e. The average molecular weight is 490 g/mol. The first-order valence-corrected chi connectivity index (χ1v) is 12.6. The van der Waals surface area contributed by atoms with Gasteiger partial charge in [-0.3, -0.25) is 4.79 Å². The summed E-state index contributed by atoms with van der Waals surface area (Å²) < 4.78 is 30.9. The number of para-hydroxylation sites is 2. The Morgan fingerprint density at radius 1 is 1.06 bits per heavy atom. The molecule has 3 aromatic rings. The normalized spacial score (nSPS) is 14.3. The molecule has 0 aliphatic heterocycles. The second-order valence-corrected chi connectivity index (χ2v) is 10.0. The molecule has 182 valence electrons. The Balaban J connectivity index is 1.76. The second kappa shape index (κ2) is 11.1. The number of sulfone groups is 1. The van der Waals surface area contributed by atoms with Crippen LogP contribution in [0.3, 0.4) is 0 Å². The zero-order valence-electron chi connectivity index (χ0n) is 18.5. The maximum atomic E-state index is 12.9. The highest BCUT2D eigenvalue weighted by Gasteiger charge is 2.32. The summed E-state index contributed by atoms with van der Waals surface area (Å²) in [7, 11) is -3.84. The van der Waals surface area contributed by atoms with Crippen molar-refractivity contribution in [3.05, 3.63) is 66.1 Å². The van der Waals surface area contributed by atoms with E-state index >= 15 is 0 Å². The van der Waals surface area contributed by atoms with E-state index in [9.17, 15) is 23.1 Å². The van der Waals surface area contributed by atoms with Crippen LogP contribution in [0.15, 0.2) is 59.0 Å². The molecule has 2 amide bonds. The number of carbonyl (C=O) groups is 2. The lowest BCUT2D eigenvalue weighted by atomic mass is 10.1. The first-order valence-electron chi connectivity index (χ1n) is 10.8. The summed E-state index contributed by atoms with van der Waals surface area (Å²) in [5, 5.41) is 24.5. The van der Waals surface area contributed by atoms with E-state index in [1.54, 1.807) is 54.6 Å². The number of carboxylic acid groups (broad SMARTS) is 1. The van der Waals surface area contributed by atoms with E-state index in [1.165, 1.54) is 0 Å². The Morgan fingerprint density at radius 3 is 2.38 bits per heavy atom. The number of oxazole rings is 1. The average Bonchev–Trinajstić information content (AvgIpc) is 3.22. The first kappa shape index (κ1) is 25.2. The third-order valence-electron chi connectivity index (χ3n) is 5.14. The Bertz CT molecular complexity index is 1190. The Hall–Kier alpha value is -3.44. The number of benzene rings is 2. The molecule has 0 saturated carbocycles. The fourth-order valence-electron chi connectivity index (χ4n) is 3.56. The van der Waals surface area contributed by atoms with Gasteiger partial charge in [-0.1, -0.05) is 55.8 Å².